The number of fused-ring (bicyclic) bond motifs is 1. The molecule has 2 amide bonds. The van der Waals surface area contributed by atoms with E-state index in [0.717, 1.165) is 24.8 Å². The number of nitrogens with two attached hydrogens (primary N) is 1. The van der Waals surface area contributed by atoms with Crippen LogP contribution in [0, 0.1) is 11.3 Å². The summed E-state index contributed by atoms with van der Waals surface area (Å²) in [7, 11) is 0. The molecule has 3 rings (SSSR count). The summed E-state index contributed by atoms with van der Waals surface area (Å²) in [6.45, 7) is 6.74. The van der Waals surface area contributed by atoms with Crippen LogP contribution >= 0.6 is 39.5 Å². The van der Waals surface area contributed by atoms with Crippen molar-refractivity contribution in [3.63, 3.8) is 0 Å². The number of rotatable bonds is 3. The number of amides is 2. The third-order valence-electron chi connectivity index (χ3n) is 5.31. The average Bonchev–Trinajstić information content (AvgIpc) is 2.98. The van der Waals surface area contributed by atoms with E-state index in [9.17, 15) is 9.59 Å². The Morgan fingerprint density at radius 1 is 1.28 bits per heavy atom. The van der Waals surface area contributed by atoms with Gasteiger partial charge in [0.15, 0.2) is 5.11 Å². The van der Waals surface area contributed by atoms with Crippen molar-refractivity contribution in [2.75, 3.05) is 5.32 Å². The summed E-state index contributed by atoms with van der Waals surface area (Å²) in [4.78, 5) is 25.8. The number of thiophene rings is 1. The van der Waals surface area contributed by atoms with E-state index in [1.165, 1.54) is 16.2 Å². The molecule has 5 nitrogen and oxygen atoms in total. The van der Waals surface area contributed by atoms with Gasteiger partial charge in [0, 0.05) is 9.35 Å². The molecule has 1 aromatic carbocycles. The van der Waals surface area contributed by atoms with Crippen molar-refractivity contribution in [2.24, 2.45) is 17.1 Å². The molecule has 1 heterocycles. The summed E-state index contributed by atoms with van der Waals surface area (Å²) in [5, 5.41) is 6.44. The summed E-state index contributed by atoms with van der Waals surface area (Å²) >= 11 is 10.2. The van der Waals surface area contributed by atoms with Gasteiger partial charge in [-0.25, -0.2) is 0 Å². The van der Waals surface area contributed by atoms with E-state index in [4.69, 9.17) is 18.0 Å². The predicted octanol–water partition coefficient (Wildman–Crippen LogP) is 4.89. The van der Waals surface area contributed by atoms with Crippen molar-refractivity contribution in [3.8, 4) is 0 Å². The van der Waals surface area contributed by atoms with Crippen LogP contribution in [-0.2, 0) is 12.8 Å². The molecule has 8 heteroatoms. The molecule has 1 aromatic heterocycles. The number of hydrogen-bond donors (Lipinski definition) is 3. The Kier molecular flexibility index (Phi) is 6.45. The van der Waals surface area contributed by atoms with Gasteiger partial charge in [-0.05, 0) is 76.4 Å². The standard InChI is InChI=1S/C21H24BrN3O2S2/c1-21(2,3)11-8-9-13-15(10-11)29-19(16(13)17(23)26)25-20(28)24-18(27)12-6-4-5-7-14(12)22/h4-7,11H,8-10H2,1-3H3,(H2,23,26)(H2,24,25,27,28)/t11-/m0/s1. The molecule has 0 bridgehead atoms. The average molecular weight is 494 g/mol. The SMILES string of the molecule is CC(C)(C)[C@H]1CCc2c(sc(NC(=S)NC(=O)c3ccccc3Br)c2C(N)=O)C1. The van der Waals surface area contributed by atoms with E-state index < -0.39 is 5.91 Å². The second kappa shape index (κ2) is 8.53. The van der Waals surface area contributed by atoms with E-state index in [-0.39, 0.29) is 16.4 Å². The smallest absolute Gasteiger partial charge is 0.258 e. The van der Waals surface area contributed by atoms with E-state index in [0.29, 0.717) is 26.5 Å². The zero-order valence-electron chi connectivity index (χ0n) is 16.6. The number of carbonyl (C=O) groups is 2. The lowest BCUT2D eigenvalue weighted by atomic mass is 9.72. The van der Waals surface area contributed by atoms with Gasteiger partial charge in [-0.3, -0.25) is 14.9 Å². The number of nitrogens with one attached hydrogen (secondary N) is 2. The Hall–Kier alpha value is -1.77. The maximum atomic E-state index is 12.5. The third-order valence-corrected chi connectivity index (χ3v) is 7.37. The van der Waals surface area contributed by atoms with Crippen LogP contribution in [0.25, 0.3) is 0 Å². The van der Waals surface area contributed by atoms with Crippen LogP contribution < -0.4 is 16.4 Å². The quantitative estimate of drug-likeness (QED) is 0.531. The molecule has 1 aliphatic rings. The van der Waals surface area contributed by atoms with Crippen LogP contribution in [0.5, 0.6) is 0 Å². The largest absolute Gasteiger partial charge is 0.365 e. The first-order valence-electron chi connectivity index (χ1n) is 9.39. The number of anilines is 1. The number of thiocarbonyl (C=S) groups is 1. The Morgan fingerprint density at radius 3 is 2.59 bits per heavy atom. The van der Waals surface area contributed by atoms with Crippen LogP contribution in [-0.4, -0.2) is 16.9 Å². The van der Waals surface area contributed by atoms with Gasteiger partial charge < -0.3 is 11.1 Å². The normalized spacial score (nSPS) is 16.1. The summed E-state index contributed by atoms with van der Waals surface area (Å²) < 4.78 is 0.679. The Labute approximate surface area is 188 Å². The van der Waals surface area contributed by atoms with Crippen molar-refractivity contribution >= 4 is 61.4 Å². The highest BCUT2D eigenvalue weighted by Crippen LogP contribution is 2.44. The topological polar surface area (TPSA) is 84.2 Å². The molecule has 0 spiro atoms. The van der Waals surface area contributed by atoms with E-state index in [1.54, 1.807) is 18.2 Å². The maximum absolute atomic E-state index is 12.5. The lowest BCUT2D eigenvalue weighted by Crippen LogP contribution is -2.34. The number of primary amides is 1. The number of halogens is 1. The summed E-state index contributed by atoms with van der Waals surface area (Å²) in [5.41, 5.74) is 7.88. The van der Waals surface area contributed by atoms with Gasteiger partial charge in [0.25, 0.3) is 11.8 Å². The molecule has 154 valence electrons. The van der Waals surface area contributed by atoms with Gasteiger partial charge >= 0.3 is 0 Å². The molecule has 0 unspecified atom stereocenters. The van der Waals surface area contributed by atoms with Crippen molar-refractivity contribution in [1.29, 1.82) is 0 Å². The zero-order valence-corrected chi connectivity index (χ0v) is 19.8. The van der Waals surface area contributed by atoms with Crippen molar-refractivity contribution in [2.45, 2.75) is 40.0 Å². The molecule has 0 saturated heterocycles. The Balaban J connectivity index is 1.80. The van der Waals surface area contributed by atoms with Gasteiger partial charge in [0.05, 0.1) is 11.1 Å². The molecule has 0 saturated carbocycles. The number of hydrogen-bond acceptors (Lipinski definition) is 4. The van der Waals surface area contributed by atoms with Crippen LogP contribution in [0.3, 0.4) is 0 Å². The lowest BCUT2D eigenvalue weighted by Gasteiger charge is -2.33. The minimum absolute atomic E-state index is 0.138. The number of carbonyl (C=O) groups excluding carboxylic acids is 2. The summed E-state index contributed by atoms with van der Waals surface area (Å²) in [6.07, 6.45) is 2.77. The highest BCUT2D eigenvalue weighted by atomic mass is 79.9. The Morgan fingerprint density at radius 2 is 1.97 bits per heavy atom. The van der Waals surface area contributed by atoms with Crippen LogP contribution in [0.15, 0.2) is 28.7 Å². The second-order valence-corrected chi connectivity index (χ2v) is 10.6. The van der Waals surface area contributed by atoms with Crippen molar-refractivity contribution in [1.82, 2.24) is 5.32 Å². The van der Waals surface area contributed by atoms with Crippen LogP contribution in [0.2, 0.25) is 0 Å². The van der Waals surface area contributed by atoms with E-state index in [2.05, 4.69) is 47.3 Å². The second-order valence-electron chi connectivity index (χ2n) is 8.27. The van der Waals surface area contributed by atoms with Gasteiger partial charge in [0.2, 0.25) is 0 Å². The van der Waals surface area contributed by atoms with Gasteiger partial charge in [-0.1, -0.05) is 32.9 Å². The first kappa shape index (κ1) is 21.9. The first-order chi connectivity index (χ1) is 13.6. The van der Waals surface area contributed by atoms with Gasteiger partial charge in [-0.2, -0.15) is 0 Å². The lowest BCUT2D eigenvalue weighted by molar-refractivity contribution is 0.0974. The third kappa shape index (κ3) is 4.87. The van der Waals surface area contributed by atoms with Crippen molar-refractivity contribution in [3.05, 3.63) is 50.3 Å². The summed E-state index contributed by atoms with van der Waals surface area (Å²) in [5.74, 6) is -0.256. The highest BCUT2D eigenvalue weighted by molar-refractivity contribution is 9.10. The summed E-state index contributed by atoms with van der Waals surface area (Å²) in [6, 6.07) is 7.10. The fourth-order valence-electron chi connectivity index (χ4n) is 3.62. The molecule has 1 atom stereocenters. The molecule has 0 radical (unpaired) electrons. The zero-order chi connectivity index (χ0) is 21.3. The van der Waals surface area contributed by atoms with Gasteiger partial charge in [0.1, 0.15) is 5.00 Å². The molecule has 29 heavy (non-hydrogen) atoms. The molecule has 2 aromatic rings. The fraction of sp³-hybridized carbons (Fsp3) is 0.381. The van der Waals surface area contributed by atoms with Crippen LogP contribution in [0.4, 0.5) is 5.00 Å². The molecular weight excluding hydrogens is 470 g/mol. The molecule has 0 aliphatic heterocycles. The van der Waals surface area contributed by atoms with Crippen molar-refractivity contribution < 1.29 is 9.59 Å². The highest BCUT2D eigenvalue weighted by Gasteiger charge is 2.33. The first-order valence-corrected chi connectivity index (χ1v) is 11.4. The molecule has 4 N–H and O–H groups in total. The minimum atomic E-state index is -0.473. The van der Waals surface area contributed by atoms with Gasteiger partial charge in [-0.15, -0.1) is 11.3 Å². The predicted molar refractivity (Wildman–Crippen MR) is 126 cm³/mol. The molecular formula is C21H24BrN3O2S2. The fourth-order valence-corrected chi connectivity index (χ4v) is 5.69. The maximum Gasteiger partial charge on any atom is 0.258 e. The molecule has 1 aliphatic carbocycles. The minimum Gasteiger partial charge on any atom is -0.365 e. The monoisotopic (exact) mass is 493 g/mol. The number of benzene rings is 1. The van der Waals surface area contributed by atoms with Crippen LogP contribution in [0.1, 0.15) is 58.3 Å². The molecule has 0 fully saturated rings. The van der Waals surface area contributed by atoms with E-state index in [1.807, 2.05) is 6.07 Å². The van der Waals surface area contributed by atoms with E-state index >= 15 is 0 Å². The Bertz CT molecular complexity index is 979.